The van der Waals surface area contributed by atoms with Gasteiger partial charge in [-0.2, -0.15) is 4.39 Å². The molecule has 0 amide bonds. The van der Waals surface area contributed by atoms with E-state index in [1.807, 2.05) is 42.5 Å². The van der Waals surface area contributed by atoms with Gasteiger partial charge in [0, 0.05) is 25.6 Å². The van der Waals surface area contributed by atoms with Gasteiger partial charge in [-0.05, 0) is 121 Å². The van der Waals surface area contributed by atoms with E-state index in [0.29, 0.717) is 35.3 Å². The van der Waals surface area contributed by atoms with Gasteiger partial charge < -0.3 is 14.2 Å². The van der Waals surface area contributed by atoms with Crippen LogP contribution in [-0.4, -0.2) is 61.3 Å². The number of rotatable bonds is 11. The van der Waals surface area contributed by atoms with E-state index >= 15 is 4.39 Å². The van der Waals surface area contributed by atoms with Crippen LogP contribution in [0.2, 0.25) is 5.02 Å². The molecule has 3 heterocycles. The van der Waals surface area contributed by atoms with Gasteiger partial charge in [0.15, 0.2) is 6.23 Å². The maximum atomic E-state index is 15.6. The molecule has 9 heteroatoms. The van der Waals surface area contributed by atoms with Crippen LogP contribution in [0.3, 0.4) is 0 Å². The van der Waals surface area contributed by atoms with Crippen molar-refractivity contribution >= 4 is 33.7 Å². The molecule has 1 aliphatic carbocycles. The van der Waals surface area contributed by atoms with Gasteiger partial charge in [-0.15, -0.1) is 5.10 Å². The number of ether oxygens (including phenoxy) is 3. The van der Waals surface area contributed by atoms with Gasteiger partial charge in [-0.1, -0.05) is 36.2 Å². The number of halogens is 3. The first kappa shape index (κ1) is 32.1. The number of alkyl halides is 1. The molecule has 2 atom stereocenters. The van der Waals surface area contributed by atoms with E-state index in [2.05, 4.69) is 28.2 Å². The van der Waals surface area contributed by atoms with Gasteiger partial charge in [-0.3, -0.25) is 9.29 Å². The number of methoxy groups -OCH3 is 1. The third-order valence-corrected chi connectivity index (χ3v) is 10.3. The van der Waals surface area contributed by atoms with Gasteiger partial charge in [-0.25, -0.2) is 4.68 Å². The molecule has 0 N–H and O–H groups in total. The molecule has 2 saturated heterocycles. The molecule has 3 aromatic carbocycles. The zero-order chi connectivity index (χ0) is 32.3. The Labute approximate surface area is 280 Å². The largest absolute Gasteiger partial charge is 0.497 e. The van der Waals surface area contributed by atoms with Crippen molar-refractivity contribution < 1.29 is 23.0 Å². The Bertz CT molecular complexity index is 1730. The zero-order valence-corrected chi connectivity index (χ0v) is 27.7. The van der Waals surface area contributed by atoms with E-state index in [4.69, 9.17) is 25.8 Å². The number of hydrogen-bond acceptors (Lipinski definition) is 5. The van der Waals surface area contributed by atoms with Crippen LogP contribution in [0.15, 0.2) is 60.7 Å². The van der Waals surface area contributed by atoms with E-state index in [1.54, 1.807) is 11.8 Å². The van der Waals surface area contributed by atoms with E-state index in [1.165, 1.54) is 0 Å². The second-order valence-electron chi connectivity index (χ2n) is 13.0. The number of likely N-dealkylation sites (tertiary alicyclic amines) is 1. The summed E-state index contributed by atoms with van der Waals surface area (Å²) in [6, 6.07) is 20.0. The third-order valence-electron chi connectivity index (χ3n) is 10.0. The van der Waals surface area contributed by atoms with Crippen LogP contribution < -0.4 is 9.47 Å². The first-order valence-electron chi connectivity index (χ1n) is 16.9. The minimum absolute atomic E-state index is 0.145. The van der Waals surface area contributed by atoms with Crippen molar-refractivity contribution in [3.63, 3.8) is 0 Å². The molecular weight excluding hydrogens is 620 g/mol. The average molecular weight is 662 g/mol. The van der Waals surface area contributed by atoms with Gasteiger partial charge in [0.05, 0.1) is 29.7 Å². The normalized spacial score (nSPS) is 21.1. The molecule has 248 valence electrons. The van der Waals surface area contributed by atoms with Gasteiger partial charge in [0.2, 0.25) is 5.95 Å². The summed E-state index contributed by atoms with van der Waals surface area (Å²) in [5, 5.41) is 5.39. The Balaban J connectivity index is 1.27. The predicted octanol–water partition coefficient (Wildman–Crippen LogP) is 8.97. The van der Waals surface area contributed by atoms with Crippen LogP contribution in [0.1, 0.15) is 67.9 Å². The summed E-state index contributed by atoms with van der Waals surface area (Å²) in [5.41, 5.74) is 5.75. The molecular formula is C38H42ClF2N3O3. The molecule has 1 aromatic heterocycles. The molecule has 0 spiro atoms. The van der Waals surface area contributed by atoms with Crippen LogP contribution in [0, 0.1) is 17.8 Å². The molecule has 1 saturated carbocycles. The van der Waals surface area contributed by atoms with E-state index in [9.17, 15) is 4.39 Å². The molecule has 0 radical (unpaired) electrons. The van der Waals surface area contributed by atoms with Crippen molar-refractivity contribution in [1.82, 2.24) is 14.7 Å². The van der Waals surface area contributed by atoms with Crippen LogP contribution >= 0.6 is 11.6 Å². The molecule has 6 nitrogen and oxygen atoms in total. The zero-order valence-electron chi connectivity index (χ0n) is 26.9. The smallest absolute Gasteiger partial charge is 0.240 e. The topological polar surface area (TPSA) is 48.8 Å². The SMILES string of the molecule is COc1ccc(/C(=C(\c2ccc(OCCN3CC[C@@H](CF)C3)cc2)c2ccc3c(c2)c(F)nn3C2CCCCO2)C2CCC2)c(Cl)c1. The van der Waals surface area contributed by atoms with E-state index < -0.39 is 5.95 Å². The van der Waals surface area contributed by atoms with Crippen molar-refractivity contribution in [2.45, 2.75) is 51.2 Å². The number of benzene rings is 3. The van der Waals surface area contributed by atoms with Crippen molar-refractivity contribution in [3.8, 4) is 11.5 Å². The summed E-state index contributed by atoms with van der Waals surface area (Å²) in [4.78, 5) is 2.26. The summed E-state index contributed by atoms with van der Waals surface area (Å²) >= 11 is 6.97. The highest BCUT2D eigenvalue weighted by atomic mass is 35.5. The van der Waals surface area contributed by atoms with Crippen molar-refractivity contribution in [1.29, 1.82) is 0 Å². The Hall–Kier alpha value is -3.46. The van der Waals surface area contributed by atoms with E-state index in [0.717, 1.165) is 104 Å². The second kappa shape index (κ2) is 14.3. The maximum absolute atomic E-state index is 15.6. The molecule has 2 aliphatic heterocycles. The Kier molecular flexibility index (Phi) is 9.80. The molecule has 7 rings (SSSR count). The summed E-state index contributed by atoms with van der Waals surface area (Å²) in [6.45, 7) is 3.43. The van der Waals surface area contributed by atoms with Crippen LogP contribution in [-0.2, 0) is 4.74 Å². The first-order chi connectivity index (χ1) is 23.0. The Morgan fingerprint density at radius 2 is 1.77 bits per heavy atom. The highest BCUT2D eigenvalue weighted by molar-refractivity contribution is 6.33. The van der Waals surface area contributed by atoms with Gasteiger partial charge in [0.25, 0.3) is 0 Å². The number of allylic oxidation sites excluding steroid dienone is 1. The molecule has 3 fully saturated rings. The summed E-state index contributed by atoms with van der Waals surface area (Å²) in [5.74, 6) is 1.43. The van der Waals surface area contributed by atoms with Crippen molar-refractivity contribution in [2.75, 3.05) is 46.6 Å². The van der Waals surface area contributed by atoms with Crippen LogP contribution in [0.4, 0.5) is 8.78 Å². The number of nitrogens with zero attached hydrogens (tertiary/aromatic N) is 3. The lowest BCUT2D eigenvalue weighted by molar-refractivity contribution is -0.0375. The fourth-order valence-electron chi connectivity index (χ4n) is 7.22. The van der Waals surface area contributed by atoms with E-state index in [-0.39, 0.29) is 18.8 Å². The number of hydrogen-bond donors (Lipinski definition) is 0. The number of fused-ring (bicyclic) bond motifs is 1. The highest BCUT2D eigenvalue weighted by Gasteiger charge is 2.30. The lowest BCUT2D eigenvalue weighted by atomic mass is 9.73. The predicted molar refractivity (Wildman–Crippen MR) is 182 cm³/mol. The number of aromatic nitrogens is 2. The minimum Gasteiger partial charge on any atom is -0.497 e. The van der Waals surface area contributed by atoms with Crippen molar-refractivity contribution in [3.05, 3.63) is 88.3 Å². The summed E-state index contributed by atoms with van der Waals surface area (Å²) in [6.07, 6.45) is 6.75. The van der Waals surface area contributed by atoms with Gasteiger partial charge >= 0.3 is 0 Å². The standard InChI is InChI=1S/C38H42ClF2N3O3/c1-45-30-13-14-31(33(39)22-30)37(26-5-4-6-26)36(27-8-11-29(12-9-27)46-20-18-43-17-16-25(23-40)24-43)28-10-15-34-32(21-28)38(41)42-44(34)35-7-2-3-19-47-35/h8-15,21-22,25-26,35H,2-7,16-20,23-24H2,1H3/b37-36+/t25-,35?/m0/s1. The summed E-state index contributed by atoms with van der Waals surface area (Å²) in [7, 11) is 1.64. The summed E-state index contributed by atoms with van der Waals surface area (Å²) < 4.78 is 47.9. The van der Waals surface area contributed by atoms with Crippen molar-refractivity contribution in [2.24, 2.45) is 11.8 Å². The fraction of sp³-hybridized carbons (Fsp3) is 0.447. The molecule has 1 unspecified atom stereocenters. The molecule has 0 bridgehead atoms. The van der Waals surface area contributed by atoms with Gasteiger partial charge in [0.1, 0.15) is 18.1 Å². The quantitative estimate of drug-likeness (QED) is 0.150. The fourth-order valence-corrected chi connectivity index (χ4v) is 7.49. The third kappa shape index (κ3) is 6.78. The second-order valence-corrected chi connectivity index (χ2v) is 13.4. The maximum Gasteiger partial charge on any atom is 0.240 e. The molecule has 47 heavy (non-hydrogen) atoms. The molecule has 3 aliphatic rings. The lowest BCUT2D eigenvalue weighted by Gasteiger charge is -2.32. The van der Waals surface area contributed by atoms with Crippen LogP contribution in [0.25, 0.3) is 22.0 Å². The highest BCUT2D eigenvalue weighted by Crippen LogP contribution is 2.48. The monoisotopic (exact) mass is 661 g/mol. The Morgan fingerprint density at radius 1 is 0.957 bits per heavy atom. The van der Waals surface area contributed by atoms with Crippen LogP contribution in [0.5, 0.6) is 11.5 Å². The minimum atomic E-state index is -0.498. The lowest BCUT2D eigenvalue weighted by Crippen LogP contribution is -2.26. The first-order valence-corrected chi connectivity index (χ1v) is 17.3. The Morgan fingerprint density at radius 3 is 2.45 bits per heavy atom. The average Bonchev–Trinajstić information content (AvgIpc) is 3.68. The molecule has 4 aromatic rings.